The number of benzene rings is 2. The highest BCUT2D eigenvalue weighted by Gasteiger charge is 2.19. The Balaban J connectivity index is 1.53. The van der Waals surface area contributed by atoms with E-state index in [0.717, 1.165) is 10.6 Å². The van der Waals surface area contributed by atoms with Gasteiger partial charge in [0.15, 0.2) is 6.10 Å². The van der Waals surface area contributed by atoms with Gasteiger partial charge >= 0.3 is 5.97 Å². The molecular weight excluding hydrogens is 386 g/mol. The van der Waals surface area contributed by atoms with Crippen LogP contribution in [0.4, 0.5) is 5.69 Å². The third kappa shape index (κ3) is 5.50. The first kappa shape index (κ1) is 20.2. The predicted octanol–water partition coefficient (Wildman–Crippen LogP) is 4.10. The Labute approximate surface area is 172 Å². The van der Waals surface area contributed by atoms with Crippen LogP contribution in [0.2, 0.25) is 0 Å². The van der Waals surface area contributed by atoms with Crippen LogP contribution in [-0.4, -0.2) is 23.0 Å². The summed E-state index contributed by atoms with van der Waals surface area (Å²) in [6.45, 7) is 3.53. The standard InChI is InChI=1S/C22H19N3O3S/c1-14-3-7-17(8-4-14)22-25-19(13-29-22)11-20(26)28-15(2)21(27)24-18-9-5-16(12-23)6-10-18/h3-10,13,15H,11H2,1-2H3,(H,24,27)/t15-/m0/s1. The predicted molar refractivity (Wildman–Crippen MR) is 111 cm³/mol. The van der Waals surface area contributed by atoms with Gasteiger partial charge in [-0.3, -0.25) is 9.59 Å². The van der Waals surface area contributed by atoms with E-state index in [2.05, 4.69) is 10.3 Å². The maximum Gasteiger partial charge on any atom is 0.312 e. The Bertz CT molecular complexity index is 1050. The van der Waals surface area contributed by atoms with E-state index in [1.54, 1.807) is 24.3 Å². The summed E-state index contributed by atoms with van der Waals surface area (Å²) in [7, 11) is 0. The summed E-state index contributed by atoms with van der Waals surface area (Å²) >= 11 is 1.46. The van der Waals surface area contributed by atoms with Crippen LogP contribution in [0.15, 0.2) is 53.9 Å². The van der Waals surface area contributed by atoms with E-state index in [4.69, 9.17) is 10.00 Å². The SMILES string of the molecule is Cc1ccc(-c2nc(CC(=O)O[C@@H](C)C(=O)Nc3ccc(C#N)cc3)cs2)cc1. The van der Waals surface area contributed by atoms with Crippen molar-refractivity contribution >= 4 is 28.9 Å². The summed E-state index contributed by atoms with van der Waals surface area (Å²) in [6, 6.07) is 16.4. The number of aryl methyl sites for hydroxylation is 1. The van der Waals surface area contributed by atoms with Gasteiger partial charge in [0, 0.05) is 16.6 Å². The van der Waals surface area contributed by atoms with E-state index in [9.17, 15) is 9.59 Å². The average molecular weight is 405 g/mol. The van der Waals surface area contributed by atoms with Crippen LogP contribution in [0.5, 0.6) is 0 Å². The Morgan fingerprint density at radius 2 is 1.86 bits per heavy atom. The van der Waals surface area contributed by atoms with Gasteiger partial charge in [0.25, 0.3) is 5.91 Å². The lowest BCUT2D eigenvalue weighted by molar-refractivity contribution is -0.152. The summed E-state index contributed by atoms with van der Waals surface area (Å²) in [6.07, 6.45) is -0.954. The second kappa shape index (κ2) is 9.13. The number of rotatable bonds is 6. The molecule has 0 aliphatic rings. The summed E-state index contributed by atoms with van der Waals surface area (Å²) < 4.78 is 5.23. The average Bonchev–Trinajstić information content (AvgIpc) is 3.17. The molecule has 1 N–H and O–H groups in total. The minimum Gasteiger partial charge on any atom is -0.452 e. The normalized spacial score (nSPS) is 11.3. The van der Waals surface area contributed by atoms with Gasteiger partial charge in [-0.15, -0.1) is 11.3 Å². The zero-order valence-electron chi connectivity index (χ0n) is 16.0. The van der Waals surface area contributed by atoms with Gasteiger partial charge in [0.1, 0.15) is 5.01 Å². The molecule has 1 amide bonds. The van der Waals surface area contributed by atoms with Gasteiger partial charge in [-0.1, -0.05) is 29.8 Å². The van der Waals surface area contributed by atoms with E-state index in [-0.39, 0.29) is 6.42 Å². The molecule has 0 aliphatic heterocycles. The molecule has 0 spiro atoms. The molecule has 3 aromatic rings. The highest BCUT2D eigenvalue weighted by atomic mass is 32.1. The van der Waals surface area contributed by atoms with Crippen LogP contribution in [-0.2, 0) is 20.7 Å². The quantitative estimate of drug-likeness (QED) is 0.623. The number of hydrogen-bond donors (Lipinski definition) is 1. The molecule has 0 aliphatic carbocycles. The molecule has 1 atom stereocenters. The van der Waals surface area contributed by atoms with Crippen molar-refractivity contribution in [1.82, 2.24) is 4.98 Å². The van der Waals surface area contributed by atoms with Crippen molar-refractivity contribution in [3.05, 3.63) is 70.7 Å². The molecule has 0 bridgehead atoms. The van der Waals surface area contributed by atoms with E-state index >= 15 is 0 Å². The van der Waals surface area contributed by atoms with Crippen LogP contribution in [0.25, 0.3) is 10.6 Å². The Hall–Kier alpha value is -3.50. The third-order valence-corrected chi connectivity index (χ3v) is 5.07. The minimum absolute atomic E-state index is 0.00313. The van der Waals surface area contributed by atoms with Crippen LogP contribution in [0, 0.1) is 18.3 Å². The summed E-state index contributed by atoms with van der Waals surface area (Å²) in [5, 5.41) is 14.1. The maximum absolute atomic E-state index is 12.2. The lowest BCUT2D eigenvalue weighted by Gasteiger charge is -2.13. The number of thiazole rings is 1. The molecule has 1 heterocycles. The van der Waals surface area contributed by atoms with Crippen LogP contribution in [0.3, 0.4) is 0 Å². The number of anilines is 1. The number of nitrogens with one attached hydrogen (secondary N) is 1. The molecular formula is C22H19N3O3S. The van der Waals surface area contributed by atoms with Crippen LogP contribution >= 0.6 is 11.3 Å². The molecule has 7 heteroatoms. The monoisotopic (exact) mass is 405 g/mol. The summed E-state index contributed by atoms with van der Waals surface area (Å²) in [5.41, 5.74) is 3.79. The van der Waals surface area contributed by atoms with Crippen molar-refractivity contribution < 1.29 is 14.3 Å². The number of esters is 1. The third-order valence-electron chi connectivity index (χ3n) is 4.13. The maximum atomic E-state index is 12.2. The summed E-state index contributed by atoms with van der Waals surface area (Å²) in [5.74, 6) is -0.963. The van der Waals surface area contributed by atoms with Crippen molar-refractivity contribution in [1.29, 1.82) is 5.26 Å². The smallest absolute Gasteiger partial charge is 0.312 e. The van der Waals surface area contributed by atoms with Gasteiger partial charge in [-0.05, 0) is 38.1 Å². The first-order valence-corrected chi connectivity index (χ1v) is 9.84. The fourth-order valence-corrected chi connectivity index (χ4v) is 3.35. The van der Waals surface area contributed by atoms with Gasteiger partial charge < -0.3 is 10.1 Å². The summed E-state index contributed by atoms with van der Waals surface area (Å²) in [4.78, 5) is 28.9. The minimum atomic E-state index is -0.951. The first-order chi connectivity index (χ1) is 13.9. The van der Waals surface area contributed by atoms with Gasteiger partial charge in [-0.25, -0.2) is 4.98 Å². The highest BCUT2D eigenvalue weighted by molar-refractivity contribution is 7.13. The zero-order chi connectivity index (χ0) is 20.8. The van der Waals surface area contributed by atoms with Gasteiger partial charge in [-0.2, -0.15) is 5.26 Å². The number of carbonyl (C=O) groups is 2. The molecule has 2 aromatic carbocycles. The molecule has 0 unspecified atom stereocenters. The number of nitriles is 1. The topological polar surface area (TPSA) is 92.1 Å². The second-order valence-electron chi connectivity index (χ2n) is 6.50. The Morgan fingerprint density at radius 3 is 2.52 bits per heavy atom. The van der Waals surface area contributed by atoms with E-state index in [1.165, 1.54) is 23.8 Å². The van der Waals surface area contributed by atoms with Crippen molar-refractivity contribution in [2.45, 2.75) is 26.4 Å². The Kier molecular flexibility index (Phi) is 6.37. The number of carbonyl (C=O) groups excluding carboxylic acids is 2. The molecule has 3 rings (SSSR count). The lowest BCUT2D eigenvalue weighted by Crippen LogP contribution is -2.30. The number of ether oxygens (including phenoxy) is 1. The number of nitrogens with zero attached hydrogens (tertiary/aromatic N) is 2. The Morgan fingerprint density at radius 1 is 1.17 bits per heavy atom. The molecule has 1 aromatic heterocycles. The zero-order valence-corrected chi connectivity index (χ0v) is 16.8. The second-order valence-corrected chi connectivity index (χ2v) is 7.36. The van der Waals surface area contributed by atoms with E-state index in [0.29, 0.717) is 16.9 Å². The van der Waals surface area contributed by atoms with E-state index < -0.39 is 18.0 Å². The first-order valence-electron chi connectivity index (χ1n) is 8.96. The van der Waals surface area contributed by atoms with Crippen LogP contribution < -0.4 is 5.32 Å². The van der Waals surface area contributed by atoms with Gasteiger partial charge in [0.05, 0.1) is 23.7 Å². The lowest BCUT2D eigenvalue weighted by atomic mass is 10.2. The van der Waals surface area contributed by atoms with Crippen molar-refractivity contribution in [3.8, 4) is 16.6 Å². The fourth-order valence-electron chi connectivity index (χ4n) is 2.53. The largest absolute Gasteiger partial charge is 0.452 e. The van der Waals surface area contributed by atoms with Crippen molar-refractivity contribution in [2.24, 2.45) is 0 Å². The van der Waals surface area contributed by atoms with Crippen molar-refractivity contribution in [3.63, 3.8) is 0 Å². The molecule has 29 heavy (non-hydrogen) atoms. The molecule has 0 fully saturated rings. The number of amides is 1. The molecule has 146 valence electrons. The highest BCUT2D eigenvalue weighted by Crippen LogP contribution is 2.24. The molecule has 0 saturated heterocycles. The molecule has 0 saturated carbocycles. The molecule has 0 radical (unpaired) electrons. The molecule has 6 nitrogen and oxygen atoms in total. The fraction of sp³-hybridized carbons (Fsp3) is 0.182. The van der Waals surface area contributed by atoms with E-state index in [1.807, 2.05) is 42.6 Å². The van der Waals surface area contributed by atoms with Gasteiger partial charge in [0.2, 0.25) is 0 Å². The number of hydrogen-bond acceptors (Lipinski definition) is 6. The van der Waals surface area contributed by atoms with Crippen molar-refractivity contribution in [2.75, 3.05) is 5.32 Å². The number of aromatic nitrogens is 1. The van der Waals surface area contributed by atoms with Crippen LogP contribution in [0.1, 0.15) is 23.7 Å².